The molecule has 3 N–H and O–H groups in total. The average Bonchev–Trinajstić information content (AvgIpc) is 2.27. The first-order valence-corrected chi connectivity index (χ1v) is 7.35. The van der Waals surface area contributed by atoms with Gasteiger partial charge in [-0.25, -0.2) is 17.5 Å². The van der Waals surface area contributed by atoms with Gasteiger partial charge in [-0.2, -0.15) is 0 Å². The van der Waals surface area contributed by atoms with Crippen LogP contribution in [0.3, 0.4) is 0 Å². The zero-order valence-electron chi connectivity index (χ0n) is 10.6. The van der Waals surface area contributed by atoms with E-state index < -0.39 is 21.4 Å². The molecule has 1 saturated carbocycles. The quantitative estimate of drug-likeness (QED) is 0.889. The molecule has 1 aromatic carbocycles. The molecule has 2 rings (SSSR count). The molecule has 0 aromatic heterocycles. The number of sulfonamides is 1. The van der Waals surface area contributed by atoms with E-state index in [9.17, 15) is 12.8 Å². The molecule has 1 aromatic rings. The smallest absolute Gasteiger partial charge is 0.240 e. The van der Waals surface area contributed by atoms with E-state index in [-0.39, 0.29) is 23.8 Å². The lowest BCUT2D eigenvalue weighted by Gasteiger charge is -2.38. The number of halogens is 2. The van der Waals surface area contributed by atoms with E-state index in [2.05, 4.69) is 4.72 Å². The van der Waals surface area contributed by atoms with Crippen LogP contribution in [0.5, 0.6) is 0 Å². The van der Waals surface area contributed by atoms with Crippen molar-refractivity contribution >= 4 is 22.4 Å². The Bertz CT molecular complexity index is 559. The van der Waals surface area contributed by atoms with Gasteiger partial charge in [-0.3, -0.25) is 0 Å². The number of rotatable bonds is 4. The molecule has 7 heteroatoms. The van der Waals surface area contributed by atoms with Crippen LogP contribution in [-0.4, -0.2) is 20.5 Å². The highest BCUT2D eigenvalue weighted by molar-refractivity contribution is 7.89. The summed E-state index contributed by atoms with van der Waals surface area (Å²) in [4.78, 5) is -0.0228. The third-order valence-corrected chi connectivity index (χ3v) is 4.95. The second-order valence-electron chi connectivity index (χ2n) is 4.95. The van der Waals surface area contributed by atoms with Gasteiger partial charge in [0, 0.05) is 12.1 Å². The largest absolute Gasteiger partial charge is 0.324 e. The van der Waals surface area contributed by atoms with Crippen molar-refractivity contribution in [2.75, 3.05) is 6.54 Å². The van der Waals surface area contributed by atoms with Crippen LogP contribution >= 0.6 is 12.4 Å². The normalized spacial score (nSPS) is 17.4. The minimum atomic E-state index is -3.69. The Morgan fingerprint density at radius 2 is 2.05 bits per heavy atom. The van der Waals surface area contributed by atoms with Crippen LogP contribution in [0.2, 0.25) is 0 Å². The summed E-state index contributed by atoms with van der Waals surface area (Å²) < 4.78 is 39.7. The van der Waals surface area contributed by atoms with Crippen molar-refractivity contribution in [2.24, 2.45) is 5.73 Å². The summed E-state index contributed by atoms with van der Waals surface area (Å²) in [5, 5.41) is 0. The van der Waals surface area contributed by atoms with E-state index in [1.807, 2.05) is 0 Å². The summed E-state index contributed by atoms with van der Waals surface area (Å²) in [5.41, 5.74) is 6.04. The Labute approximate surface area is 119 Å². The predicted molar refractivity (Wildman–Crippen MR) is 74.3 cm³/mol. The molecule has 0 radical (unpaired) electrons. The Morgan fingerprint density at radius 3 is 2.58 bits per heavy atom. The maximum absolute atomic E-state index is 13.1. The molecule has 4 nitrogen and oxygen atoms in total. The molecule has 0 saturated heterocycles. The zero-order chi connectivity index (χ0) is 13.4. The first-order chi connectivity index (χ1) is 8.32. The van der Waals surface area contributed by atoms with Crippen molar-refractivity contribution < 1.29 is 12.8 Å². The molecule has 19 heavy (non-hydrogen) atoms. The number of aryl methyl sites for hydroxylation is 1. The molecule has 0 heterocycles. The third kappa shape index (κ3) is 3.66. The monoisotopic (exact) mass is 308 g/mol. The van der Waals surface area contributed by atoms with Crippen LogP contribution in [0.15, 0.2) is 23.1 Å². The Morgan fingerprint density at radius 1 is 1.42 bits per heavy atom. The van der Waals surface area contributed by atoms with Crippen LogP contribution in [0.1, 0.15) is 24.8 Å². The second kappa shape index (κ2) is 5.75. The molecule has 0 bridgehead atoms. The van der Waals surface area contributed by atoms with Gasteiger partial charge < -0.3 is 5.73 Å². The van der Waals surface area contributed by atoms with Crippen LogP contribution in [0.4, 0.5) is 4.39 Å². The highest BCUT2D eigenvalue weighted by atomic mass is 35.5. The molecule has 108 valence electrons. The Hall–Kier alpha value is -0.690. The summed E-state index contributed by atoms with van der Waals surface area (Å²) in [6.45, 7) is 1.83. The van der Waals surface area contributed by atoms with Crippen LogP contribution < -0.4 is 10.5 Å². The standard InChI is InChI=1S/C12H17FN2O2S.ClH/c1-9-3-4-10(13)7-11(9)18(16,17)15-8-12(14)5-2-6-12;/h3-4,7,15H,2,5-6,8,14H2,1H3;1H. The van der Waals surface area contributed by atoms with E-state index in [0.29, 0.717) is 5.56 Å². The number of nitrogens with one attached hydrogen (secondary N) is 1. The van der Waals surface area contributed by atoms with Gasteiger partial charge in [0.1, 0.15) is 5.82 Å². The summed E-state index contributed by atoms with van der Waals surface area (Å²) in [6, 6.07) is 3.72. The number of hydrogen-bond acceptors (Lipinski definition) is 3. The van der Waals surface area contributed by atoms with Crippen molar-refractivity contribution in [1.29, 1.82) is 0 Å². The van der Waals surface area contributed by atoms with Crippen molar-refractivity contribution in [1.82, 2.24) is 4.72 Å². The molecule has 0 amide bonds. The number of nitrogens with two attached hydrogens (primary N) is 1. The first-order valence-electron chi connectivity index (χ1n) is 5.87. The SMILES string of the molecule is Cc1ccc(F)cc1S(=O)(=O)NCC1(N)CCC1.Cl. The lowest BCUT2D eigenvalue weighted by molar-refractivity contribution is 0.251. The summed E-state index contributed by atoms with van der Waals surface area (Å²) in [7, 11) is -3.69. The van der Waals surface area contributed by atoms with Gasteiger partial charge in [0.25, 0.3) is 0 Å². The van der Waals surface area contributed by atoms with Crippen LogP contribution in [0.25, 0.3) is 0 Å². The fourth-order valence-electron chi connectivity index (χ4n) is 1.99. The predicted octanol–water partition coefficient (Wildman–Crippen LogP) is 1.72. The third-order valence-electron chi connectivity index (χ3n) is 3.40. The Balaban J connectivity index is 0.00000180. The van der Waals surface area contributed by atoms with Gasteiger partial charge >= 0.3 is 0 Å². The van der Waals surface area contributed by atoms with Gasteiger partial charge in [0.15, 0.2) is 0 Å². The Kier molecular flexibility index (Phi) is 4.95. The fraction of sp³-hybridized carbons (Fsp3) is 0.500. The van der Waals surface area contributed by atoms with Crippen molar-refractivity contribution in [2.45, 2.75) is 36.6 Å². The number of benzene rings is 1. The fourth-order valence-corrected chi connectivity index (χ4v) is 3.38. The summed E-state index contributed by atoms with van der Waals surface area (Å²) in [5.74, 6) is -0.563. The van der Waals surface area contributed by atoms with Gasteiger partial charge in [-0.05, 0) is 43.9 Å². The summed E-state index contributed by atoms with van der Waals surface area (Å²) >= 11 is 0. The average molecular weight is 309 g/mol. The van der Waals surface area contributed by atoms with Crippen molar-refractivity contribution in [3.8, 4) is 0 Å². The van der Waals surface area contributed by atoms with E-state index in [1.54, 1.807) is 6.92 Å². The zero-order valence-corrected chi connectivity index (χ0v) is 12.3. The maximum Gasteiger partial charge on any atom is 0.240 e. The molecule has 1 aliphatic carbocycles. The van der Waals surface area contributed by atoms with E-state index in [1.165, 1.54) is 12.1 Å². The highest BCUT2D eigenvalue weighted by Crippen LogP contribution is 2.28. The van der Waals surface area contributed by atoms with Crippen LogP contribution in [-0.2, 0) is 10.0 Å². The van der Waals surface area contributed by atoms with E-state index in [0.717, 1.165) is 25.3 Å². The minimum Gasteiger partial charge on any atom is -0.324 e. The maximum atomic E-state index is 13.1. The second-order valence-corrected chi connectivity index (χ2v) is 6.69. The molecule has 0 spiro atoms. The van der Waals surface area contributed by atoms with Crippen LogP contribution in [0, 0.1) is 12.7 Å². The van der Waals surface area contributed by atoms with Crippen molar-refractivity contribution in [3.05, 3.63) is 29.6 Å². The molecular formula is C12H18ClFN2O2S. The van der Waals surface area contributed by atoms with Gasteiger partial charge in [0.05, 0.1) is 4.90 Å². The van der Waals surface area contributed by atoms with Gasteiger partial charge in [0.2, 0.25) is 10.0 Å². The van der Waals surface area contributed by atoms with Crippen molar-refractivity contribution in [3.63, 3.8) is 0 Å². The van der Waals surface area contributed by atoms with Gasteiger partial charge in [-0.15, -0.1) is 12.4 Å². The molecule has 1 aliphatic rings. The van der Waals surface area contributed by atoms with E-state index in [4.69, 9.17) is 5.73 Å². The molecule has 0 aliphatic heterocycles. The molecule has 0 atom stereocenters. The topological polar surface area (TPSA) is 72.2 Å². The van der Waals surface area contributed by atoms with Gasteiger partial charge in [-0.1, -0.05) is 6.07 Å². The lowest BCUT2D eigenvalue weighted by atomic mass is 9.78. The first kappa shape index (κ1) is 16.4. The molecule has 1 fully saturated rings. The minimum absolute atomic E-state index is 0. The van der Waals surface area contributed by atoms with E-state index >= 15 is 0 Å². The molecule has 0 unspecified atom stereocenters. The highest BCUT2D eigenvalue weighted by Gasteiger charge is 2.34. The molecular weight excluding hydrogens is 291 g/mol. The lowest BCUT2D eigenvalue weighted by Crippen LogP contribution is -2.54. The number of hydrogen-bond donors (Lipinski definition) is 2. The summed E-state index contributed by atoms with van der Waals surface area (Å²) in [6.07, 6.45) is 2.66.